The molecule has 1 aliphatic carbocycles. The molecule has 0 bridgehead atoms. The molecule has 0 saturated carbocycles. The van der Waals surface area contributed by atoms with Crippen LogP contribution in [0.1, 0.15) is 63.2 Å². The zero-order valence-electron chi connectivity index (χ0n) is 13.2. The number of aromatic nitrogens is 2. The van der Waals surface area contributed by atoms with Crippen LogP contribution < -0.4 is 0 Å². The number of fused-ring (bicyclic) bond motifs is 3. The van der Waals surface area contributed by atoms with Crippen molar-refractivity contribution in [1.82, 2.24) is 9.97 Å². The fraction of sp³-hybridized carbons (Fsp3) is 0.500. The largest absolute Gasteiger partial charge is 0.345 e. The molecule has 1 heterocycles. The summed E-state index contributed by atoms with van der Waals surface area (Å²) in [5, 5.41) is 0. The molecule has 0 aliphatic heterocycles. The lowest BCUT2D eigenvalue weighted by molar-refractivity contribution is 0.589. The second kappa shape index (κ2) is 4.47. The van der Waals surface area contributed by atoms with Crippen LogP contribution in [0.15, 0.2) is 18.2 Å². The summed E-state index contributed by atoms with van der Waals surface area (Å²) in [6.45, 7) is 11.2. The number of benzene rings is 1. The van der Waals surface area contributed by atoms with E-state index in [4.69, 9.17) is 4.98 Å². The van der Waals surface area contributed by atoms with Crippen molar-refractivity contribution >= 4 is 0 Å². The number of nitrogens with zero attached hydrogens (tertiary/aromatic N) is 1. The number of hydrogen-bond donors (Lipinski definition) is 1. The lowest BCUT2D eigenvalue weighted by Gasteiger charge is -2.23. The first kappa shape index (κ1) is 13.4. The van der Waals surface area contributed by atoms with E-state index >= 15 is 0 Å². The van der Waals surface area contributed by atoms with Gasteiger partial charge < -0.3 is 4.98 Å². The Labute approximate surface area is 121 Å². The molecule has 2 nitrogen and oxygen atoms in total. The zero-order chi connectivity index (χ0) is 14.5. The third-order valence-electron chi connectivity index (χ3n) is 4.21. The van der Waals surface area contributed by atoms with Crippen LogP contribution in [0.5, 0.6) is 0 Å². The molecule has 2 heteroatoms. The number of H-pyrrole nitrogens is 1. The van der Waals surface area contributed by atoms with Crippen LogP contribution in [0.25, 0.3) is 11.3 Å². The van der Waals surface area contributed by atoms with E-state index in [1.807, 2.05) is 0 Å². The summed E-state index contributed by atoms with van der Waals surface area (Å²) >= 11 is 0. The van der Waals surface area contributed by atoms with Crippen molar-refractivity contribution in [2.75, 3.05) is 0 Å². The van der Waals surface area contributed by atoms with Crippen molar-refractivity contribution in [2.24, 2.45) is 0 Å². The monoisotopic (exact) mass is 268 g/mol. The Bertz CT molecular complexity index is 642. The summed E-state index contributed by atoms with van der Waals surface area (Å²) in [6, 6.07) is 6.90. The summed E-state index contributed by atoms with van der Waals surface area (Å²) < 4.78 is 0. The molecule has 1 aromatic carbocycles. The van der Waals surface area contributed by atoms with Gasteiger partial charge in [0.2, 0.25) is 0 Å². The smallest absolute Gasteiger partial charge is 0.109 e. The van der Waals surface area contributed by atoms with E-state index in [1.54, 1.807) is 0 Å². The Morgan fingerprint density at radius 3 is 2.55 bits per heavy atom. The minimum Gasteiger partial charge on any atom is -0.345 e. The zero-order valence-corrected chi connectivity index (χ0v) is 13.2. The summed E-state index contributed by atoms with van der Waals surface area (Å²) in [4.78, 5) is 8.34. The quantitative estimate of drug-likeness (QED) is 0.804. The van der Waals surface area contributed by atoms with Gasteiger partial charge in [-0.2, -0.15) is 0 Å². The summed E-state index contributed by atoms with van der Waals surface area (Å²) in [5.74, 6) is 1.57. The molecule has 0 fully saturated rings. The third kappa shape index (κ3) is 2.17. The molecule has 106 valence electrons. The van der Waals surface area contributed by atoms with Gasteiger partial charge in [-0.3, -0.25) is 0 Å². The van der Waals surface area contributed by atoms with Crippen LogP contribution >= 0.6 is 0 Å². The number of aryl methyl sites for hydroxylation is 2. The average Bonchev–Trinajstić information content (AvgIpc) is 2.81. The fourth-order valence-electron chi connectivity index (χ4n) is 2.86. The van der Waals surface area contributed by atoms with E-state index in [-0.39, 0.29) is 5.41 Å². The molecule has 0 atom stereocenters. The Balaban J connectivity index is 2.09. The van der Waals surface area contributed by atoms with E-state index in [0.29, 0.717) is 5.92 Å². The molecule has 1 aliphatic rings. The van der Waals surface area contributed by atoms with E-state index in [2.05, 4.69) is 57.8 Å². The molecule has 20 heavy (non-hydrogen) atoms. The molecule has 0 spiro atoms. The minimum atomic E-state index is 0.212. The van der Waals surface area contributed by atoms with Crippen molar-refractivity contribution in [3.8, 4) is 11.3 Å². The third-order valence-corrected chi connectivity index (χ3v) is 4.21. The number of hydrogen-bond acceptors (Lipinski definition) is 1. The molecular formula is C18H24N2. The van der Waals surface area contributed by atoms with Crippen LogP contribution in [0.4, 0.5) is 0 Å². The van der Waals surface area contributed by atoms with Crippen LogP contribution in [0.3, 0.4) is 0 Å². The first-order chi connectivity index (χ1) is 9.36. The Kier molecular flexibility index (Phi) is 3.00. The van der Waals surface area contributed by atoms with Crippen molar-refractivity contribution < 1.29 is 0 Å². The van der Waals surface area contributed by atoms with Crippen molar-refractivity contribution in [3.05, 3.63) is 40.8 Å². The van der Waals surface area contributed by atoms with Gasteiger partial charge >= 0.3 is 0 Å². The molecule has 1 aromatic heterocycles. The predicted octanol–water partition coefficient (Wildman–Crippen LogP) is 4.60. The van der Waals surface area contributed by atoms with Gasteiger partial charge in [0.1, 0.15) is 5.82 Å². The van der Waals surface area contributed by atoms with Gasteiger partial charge in [-0.1, -0.05) is 52.8 Å². The van der Waals surface area contributed by atoms with Crippen LogP contribution in [0.2, 0.25) is 0 Å². The molecule has 2 aromatic rings. The van der Waals surface area contributed by atoms with Crippen molar-refractivity contribution in [2.45, 2.75) is 58.8 Å². The van der Waals surface area contributed by atoms with Gasteiger partial charge in [-0.15, -0.1) is 0 Å². The van der Waals surface area contributed by atoms with E-state index in [9.17, 15) is 0 Å². The molecule has 0 unspecified atom stereocenters. The molecular weight excluding hydrogens is 244 g/mol. The number of nitrogens with one attached hydrogen (secondary N) is 1. The molecule has 0 saturated heterocycles. The van der Waals surface area contributed by atoms with Gasteiger partial charge in [-0.05, 0) is 29.4 Å². The SMILES string of the molecule is CC(C)c1nc2c([nH]1)CCc1cc(C(C)(C)C)ccc1-2. The maximum atomic E-state index is 4.83. The molecule has 3 rings (SSSR count). The Hall–Kier alpha value is -1.57. The highest BCUT2D eigenvalue weighted by Crippen LogP contribution is 2.35. The van der Waals surface area contributed by atoms with E-state index in [0.717, 1.165) is 18.7 Å². The summed E-state index contributed by atoms with van der Waals surface area (Å²) in [7, 11) is 0. The van der Waals surface area contributed by atoms with E-state index < -0.39 is 0 Å². The summed E-state index contributed by atoms with van der Waals surface area (Å²) in [6.07, 6.45) is 2.20. The van der Waals surface area contributed by atoms with Crippen LogP contribution in [-0.2, 0) is 18.3 Å². The number of imidazole rings is 1. The lowest BCUT2D eigenvalue weighted by atomic mass is 9.82. The Morgan fingerprint density at radius 2 is 1.90 bits per heavy atom. The number of rotatable bonds is 1. The van der Waals surface area contributed by atoms with Gasteiger partial charge in [0, 0.05) is 17.2 Å². The topological polar surface area (TPSA) is 28.7 Å². The molecule has 0 amide bonds. The van der Waals surface area contributed by atoms with Gasteiger partial charge in [0.25, 0.3) is 0 Å². The predicted molar refractivity (Wildman–Crippen MR) is 84.2 cm³/mol. The van der Waals surface area contributed by atoms with E-state index in [1.165, 1.54) is 28.1 Å². The maximum absolute atomic E-state index is 4.83. The normalized spacial score (nSPS) is 14.3. The standard InChI is InChI=1S/C18H24N2/c1-11(2)17-19-15-9-6-12-10-13(18(3,4)5)7-8-14(12)16(15)20-17/h7-8,10-11H,6,9H2,1-5H3,(H,19,20). The maximum Gasteiger partial charge on any atom is 0.109 e. The summed E-state index contributed by atoms with van der Waals surface area (Å²) in [5.41, 5.74) is 6.89. The highest BCUT2D eigenvalue weighted by Gasteiger charge is 2.23. The molecule has 1 N–H and O–H groups in total. The van der Waals surface area contributed by atoms with Crippen LogP contribution in [0, 0.1) is 0 Å². The van der Waals surface area contributed by atoms with Crippen LogP contribution in [-0.4, -0.2) is 9.97 Å². The minimum absolute atomic E-state index is 0.212. The van der Waals surface area contributed by atoms with Crippen molar-refractivity contribution in [1.29, 1.82) is 0 Å². The van der Waals surface area contributed by atoms with Gasteiger partial charge in [0.15, 0.2) is 0 Å². The fourth-order valence-corrected chi connectivity index (χ4v) is 2.86. The second-order valence-corrected chi connectivity index (χ2v) is 7.23. The lowest BCUT2D eigenvalue weighted by Crippen LogP contribution is -2.13. The van der Waals surface area contributed by atoms with Gasteiger partial charge in [-0.25, -0.2) is 4.98 Å². The van der Waals surface area contributed by atoms with Crippen molar-refractivity contribution in [3.63, 3.8) is 0 Å². The first-order valence-electron chi connectivity index (χ1n) is 7.59. The number of aromatic amines is 1. The average molecular weight is 268 g/mol. The molecule has 0 radical (unpaired) electrons. The Morgan fingerprint density at radius 1 is 1.15 bits per heavy atom. The van der Waals surface area contributed by atoms with Gasteiger partial charge in [0.05, 0.1) is 5.69 Å². The first-order valence-corrected chi connectivity index (χ1v) is 7.59. The highest BCUT2D eigenvalue weighted by atomic mass is 14.9. The second-order valence-electron chi connectivity index (χ2n) is 7.23. The highest BCUT2D eigenvalue weighted by molar-refractivity contribution is 5.69.